The first-order valence-corrected chi connectivity index (χ1v) is 9.77. The smallest absolute Gasteiger partial charge is 0.222 e. The van der Waals surface area contributed by atoms with E-state index in [0.717, 1.165) is 45.4 Å². The largest absolute Gasteiger partial charge is 0.343 e. The molecule has 0 aliphatic carbocycles. The van der Waals surface area contributed by atoms with E-state index >= 15 is 0 Å². The van der Waals surface area contributed by atoms with Crippen molar-refractivity contribution < 1.29 is 4.79 Å². The molecular formula is C21H32N2O. The van der Waals surface area contributed by atoms with E-state index in [1.165, 1.54) is 24.8 Å². The lowest BCUT2D eigenvalue weighted by atomic mass is 9.85. The van der Waals surface area contributed by atoms with Gasteiger partial charge < -0.3 is 10.2 Å². The van der Waals surface area contributed by atoms with Gasteiger partial charge in [-0.1, -0.05) is 37.3 Å². The molecule has 1 aromatic rings. The lowest BCUT2D eigenvalue weighted by Crippen LogP contribution is -2.37. The molecule has 2 saturated heterocycles. The minimum absolute atomic E-state index is 0.377. The molecule has 0 radical (unpaired) electrons. The molecule has 2 aliphatic heterocycles. The highest BCUT2D eigenvalue weighted by Crippen LogP contribution is 2.29. The number of amides is 1. The number of likely N-dealkylation sites (tertiary alicyclic amines) is 1. The van der Waals surface area contributed by atoms with Gasteiger partial charge in [0.25, 0.3) is 0 Å². The summed E-state index contributed by atoms with van der Waals surface area (Å²) in [7, 11) is 0. The van der Waals surface area contributed by atoms with Crippen LogP contribution in [0.2, 0.25) is 0 Å². The van der Waals surface area contributed by atoms with Crippen LogP contribution in [0.4, 0.5) is 0 Å². The molecular weight excluding hydrogens is 296 g/mol. The van der Waals surface area contributed by atoms with Gasteiger partial charge in [-0.25, -0.2) is 0 Å². The highest BCUT2D eigenvalue weighted by molar-refractivity contribution is 5.76. The second-order valence-electron chi connectivity index (χ2n) is 7.71. The molecule has 1 aromatic carbocycles. The topological polar surface area (TPSA) is 32.3 Å². The molecule has 3 nitrogen and oxygen atoms in total. The first-order valence-electron chi connectivity index (χ1n) is 9.77. The van der Waals surface area contributed by atoms with E-state index in [4.69, 9.17) is 0 Å². The zero-order valence-electron chi connectivity index (χ0n) is 15.0. The normalized spacial score (nSPS) is 26.6. The van der Waals surface area contributed by atoms with Crippen molar-refractivity contribution in [2.45, 2.75) is 51.4 Å². The fourth-order valence-corrected chi connectivity index (χ4v) is 4.34. The van der Waals surface area contributed by atoms with Gasteiger partial charge in [-0.2, -0.15) is 0 Å². The summed E-state index contributed by atoms with van der Waals surface area (Å²) in [6, 6.07) is 10.8. The van der Waals surface area contributed by atoms with Gasteiger partial charge in [0.1, 0.15) is 0 Å². The Morgan fingerprint density at radius 1 is 1.17 bits per heavy atom. The van der Waals surface area contributed by atoms with E-state index in [1.54, 1.807) is 0 Å². The van der Waals surface area contributed by atoms with Crippen LogP contribution in [-0.4, -0.2) is 37.0 Å². The summed E-state index contributed by atoms with van der Waals surface area (Å²) < 4.78 is 0. The third-order valence-electron chi connectivity index (χ3n) is 5.99. The summed E-state index contributed by atoms with van der Waals surface area (Å²) >= 11 is 0. The predicted molar refractivity (Wildman–Crippen MR) is 99.0 cm³/mol. The van der Waals surface area contributed by atoms with Crippen molar-refractivity contribution in [2.75, 3.05) is 26.2 Å². The van der Waals surface area contributed by atoms with Gasteiger partial charge in [0, 0.05) is 19.5 Å². The van der Waals surface area contributed by atoms with Crippen LogP contribution in [0.3, 0.4) is 0 Å². The van der Waals surface area contributed by atoms with Gasteiger partial charge in [0.2, 0.25) is 5.91 Å². The average Bonchev–Trinajstić information content (AvgIpc) is 2.89. The Labute approximate surface area is 146 Å². The van der Waals surface area contributed by atoms with Crippen LogP contribution in [-0.2, 0) is 4.79 Å². The number of rotatable bonds is 4. The summed E-state index contributed by atoms with van der Waals surface area (Å²) in [6.07, 6.45) is 6.70. The third-order valence-corrected chi connectivity index (χ3v) is 5.99. The average molecular weight is 329 g/mol. The summed E-state index contributed by atoms with van der Waals surface area (Å²) in [5.74, 6) is 2.16. The molecule has 0 aromatic heterocycles. The maximum atomic E-state index is 12.8. The molecule has 3 heteroatoms. The van der Waals surface area contributed by atoms with Crippen LogP contribution in [0, 0.1) is 11.8 Å². The van der Waals surface area contributed by atoms with Gasteiger partial charge in [-0.05, 0) is 68.5 Å². The maximum Gasteiger partial charge on any atom is 0.222 e. The van der Waals surface area contributed by atoms with Crippen LogP contribution in [0.1, 0.15) is 56.9 Å². The van der Waals surface area contributed by atoms with Crippen molar-refractivity contribution in [3.8, 4) is 0 Å². The van der Waals surface area contributed by atoms with Gasteiger partial charge in [-0.3, -0.25) is 4.79 Å². The van der Waals surface area contributed by atoms with Crippen molar-refractivity contribution in [2.24, 2.45) is 11.8 Å². The number of nitrogens with one attached hydrogen (secondary N) is 1. The molecule has 1 N–H and O–H groups in total. The molecule has 0 spiro atoms. The zero-order valence-corrected chi connectivity index (χ0v) is 15.0. The van der Waals surface area contributed by atoms with Crippen LogP contribution >= 0.6 is 0 Å². The SMILES string of the molecule is CC(CC(=O)N1CCCC(c2ccccc2)CC1)C1CCCNC1. The number of carbonyl (C=O) groups excluding carboxylic acids is 1. The molecule has 3 atom stereocenters. The van der Waals surface area contributed by atoms with E-state index in [9.17, 15) is 4.79 Å². The van der Waals surface area contributed by atoms with Gasteiger partial charge in [0.05, 0.1) is 0 Å². The van der Waals surface area contributed by atoms with Crippen molar-refractivity contribution in [1.82, 2.24) is 10.2 Å². The lowest BCUT2D eigenvalue weighted by molar-refractivity contribution is -0.132. The quantitative estimate of drug-likeness (QED) is 0.911. The molecule has 24 heavy (non-hydrogen) atoms. The molecule has 3 unspecified atom stereocenters. The second kappa shape index (κ2) is 8.66. The van der Waals surface area contributed by atoms with Gasteiger partial charge >= 0.3 is 0 Å². The predicted octanol–water partition coefficient (Wildman–Crippen LogP) is 3.81. The summed E-state index contributed by atoms with van der Waals surface area (Å²) in [4.78, 5) is 14.9. The Morgan fingerprint density at radius 3 is 2.75 bits per heavy atom. The van der Waals surface area contributed by atoms with Crippen LogP contribution in [0.5, 0.6) is 0 Å². The minimum Gasteiger partial charge on any atom is -0.343 e. The number of carbonyl (C=O) groups is 1. The molecule has 2 aliphatic rings. The van der Waals surface area contributed by atoms with Crippen LogP contribution in [0.15, 0.2) is 30.3 Å². The van der Waals surface area contributed by atoms with Gasteiger partial charge in [-0.15, -0.1) is 0 Å². The first-order chi connectivity index (χ1) is 11.7. The zero-order chi connectivity index (χ0) is 16.8. The minimum atomic E-state index is 0.377. The maximum absolute atomic E-state index is 12.8. The second-order valence-corrected chi connectivity index (χ2v) is 7.71. The molecule has 0 bridgehead atoms. The summed E-state index contributed by atoms with van der Waals surface area (Å²) in [5, 5.41) is 3.48. The van der Waals surface area contributed by atoms with Gasteiger partial charge in [0.15, 0.2) is 0 Å². The molecule has 132 valence electrons. The van der Waals surface area contributed by atoms with Crippen LogP contribution in [0.25, 0.3) is 0 Å². The summed E-state index contributed by atoms with van der Waals surface area (Å²) in [6.45, 7) is 6.36. The number of hydrogen-bond donors (Lipinski definition) is 1. The van der Waals surface area contributed by atoms with E-state index in [0.29, 0.717) is 23.7 Å². The highest BCUT2D eigenvalue weighted by Gasteiger charge is 2.26. The van der Waals surface area contributed by atoms with Crippen molar-refractivity contribution in [3.63, 3.8) is 0 Å². The Morgan fingerprint density at radius 2 is 2.00 bits per heavy atom. The number of piperidine rings is 1. The molecule has 3 rings (SSSR count). The van der Waals surface area contributed by atoms with E-state index < -0.39 is 0 Å². The highest BCUT2D eigenvalue weighted by atomic mass is 16.2. The fourth-order valence-electron chi connectivity index (χ4n) is 4.34. The Bertz CT molecular complexity index is 510. The standard InChI is InChI=1S/C21H32N2O/c1-17(20-9-5-12-22-16-20)15-21(24)23-13-6-10-19(11-14-23)18-7-3-2-4-8-18/h2-4,7-8,17,19-20,22H,5-6,9-16H2,1H3. The molecule has 2 fully saturated rings. The van der Waals surface area contributed by atoms with Crippen molar-refractivity contribution in [1.29, 1.82) is 0 Å². The summed E-state index contributed by atoms with van der Waals surface area (Å²) in [5.41, 5.74) is 1.44. The van der Waals surface area contributed by atoms with Crippen molar-refractivity contribution >= 4 is 5.91 Å². The van der Waals surface area contributed by atoms with Crippen LogP contribution < -0.4 is 5.32 Å². The first kappa shape index (κ1) is 17.5. The van der Waals surface area contributed by atoms with Crippen molar-refractivity contribution in [3.05, 3.63) is 35.9 Å². The lowest BCUT2D eigenvalue weighted by Gasteiger charge is -2.30. The third kappa shape index (κ3) is 4.60. The monoisotopic (exact) mass is 328 g/mol. The Balaban J connectivity index is 1.50. The van der Waals surface area contributed by atoms with E-state index in [-0.39, 0.29) is 0 Å². The Kier molecular flexibility index (Phi) is 6.30. The number of benzene rings is 1. The Hall–Kier alpha value is -1.35. The number of nitrogens with zero attached hydrogens (tertiary/aromatic N) is 1. The molecule has 2 heterocycles. The van der Waals surface area contributed by atoms with E-state index in [2.05, 4.69) is 47.5 Å². The fraction of sp³-hybridized carbons (Fsp3) is 0.667. The number of hydrogen-bond acceptors (Lipinski definition) is 2. The van der Waals surface area contributed by atoms with E-state index in [1.807, 2.05) is 0 Å². The molecule has 0 saturated carbocycles. The molecule has 1 amide bonds.